The highest BCUT2D eigenvalue weighted by atomic mass is 19.1. The summed E-state index contributed by atoms with van der Waals surface area (Å²) in [5.74, 6) is -1.12. The summed E-state index contributed by atoms with van der Waals surface area (Å²) in [6.07, 6.45) is 3.61. The Morgan fingerprint density at radius 3 is 2.94 bits per heavy atom. The van der Waals surface area contributed by atoms with E-state index in [4.69, 9.17) is 9.84 Å². The van der Waals surface area contributed by atoms with Gasteiger partial charge in [-0.1, -0.05) is 24.3 Å². The molecule has 86 valence electrons. The van der Waals surface area contributed by atoms with E-state index in [2.05, 4.69) is 0 Å². The summed E-state index contributed by atoms with van der Waals surface area (Å²) < 4.78 is 18.4. The normalized spacial score (nSPS) is 10.6. The van der Waals surface area contributed by atoms with Crippen molar-refractivity contribution >= 4 is 12.0 Å². The van der Waals surface area contributed by atoms with Gasteiger partial charge in [-0.3, -0.25) is 4.79 Å². The third-order valence-electron chi connectivity index (χ3n) is 2.04. The van der Waals surface area contributed by atoms with Crippen LogP contribution in [-0.4, -0.2) is 18.2 Å². The Morgan fingerprint density at radius 2 is 2.31 bits per heavy atom. The third kappa shape index (κ3) is 3.38. The molecule has 0 heterocycles. The lowest BCUT2D eigenvalue weighted by molar-refractivity contribution is -0.136. The zero-order valence-electron chi connectivity index (χ0n) is 8.94. The van der Waals surface area contributed by atoms with Crippen LogP contribution in [-0.2, 0) is 4.79 Å². The van der Waals surface area contributed by atoms with Crippen LogP contribution in [0.3, 0.4) is 0 Å². The topological polar surface area (TPSA) is 46.5 Å². The molecule has 0 saturated carbocycles. The Balaban J connectivity index is 2.70. The fraction of sp³-hybridized carbons (Fsp3) is 0.250. The molecule has 1 rings (SSSR count). The second-order valence-corrected chi connectivity index (χ2v) is 3.20. The summed E-state index contributed by atoms with van der Waals surface area (Å²) in [6, 6.07) is 4.82. The Kier molecular flexibility index (Phi) is 4.51. The van der Waals surface area contributed by atoms with E-state index in [1.54, 1.807) is 24.3 Å². The molecule has 1 aromatic carbocycles. The number of rotatable bonds is 5. The van der Waals surface area contributed by atoms with Crippen molar-refractivity contribution in [3.05, 3.63) is 35.7 Å². The number of allylic oxidation sites excluding steroid dienone is 1. The highest BCUT2D eigenvalue weighted by molar-refractivity contribution is 5.67. The van der Waals surface area contributed by atoms with Gasteiger partial charge in [-0.15, -0.1) is 0 Å². The predicted octanol–water partition coefficient (Wildman–Crippen LogP) is 2.71. The fourth-order valence-corrected chi connectivity index (χ4v) is 1.23. The summed E-state index contributed by atoms with van der Waals surface area (Å²) in [4.78, 5) is 10.3. The minimum absolute atomic E-state index is 0.0437. The largest absolute Gasteiger partial charge is 0.494 e. The van der Waals surface area contributed by atoms with E-state index in [-0.39, 0.29) is 12.2 Å². The third-order valence-corrected chi connectivity index (χ3v) is 2.04. The van der Waals surface area contributed by atoms with E-state index in [1.165, 1.54) is 13.2 Å². The van der Waals surface area contributed by atoms with Gasteiger partial charge in [0.1, 0.15) is 0 Å². The van der Waals surface area contributed by atoms with Crippen LogP contribution >= 0.6 is 0 Å². The summed E-state index contributed by atoms with van der Waals surface area (Å²) in [5.41, 5.74) is 0.393. The van der Waals surface area contributed by atoms with Crippen LogP contribution in [0.1, 0.15) is 18.4 Å². The van der Waals surface area contributed by atoms with Crippen molar-refractivity contribution in [3.63, 3.8) is 0 Å². The molecule has 0 aliphatic carbocycles. The number of aliphatic carboxylic acids is 1. The summed E-state index contributed by atoms with van der Waals surface area (Å²) in [7, 11) is 1.40. The van der Waals surface area contributed by atoms with Gasteiger partial charge >= 0.3 is 5.97 Å². The molecule has 16 heavy (non-hydrogen) atoms. The maximum absolute atomic E-state index is 13.6. The monoisotopic (exact) mass is 224 g/mol. The lowest BCUT2D eigenvalue weighted by Crippen LogP contribution is -1.92. The average Bonchev–Trinajstić information content (AvgIpc) is 2.26. The van der Waals surface area contributed by atoms with Crippen LogP contribution in [0.25, 0.3) is 6.08 Å². The van der Waals surface area contributed by atoms with Gasteiger partial charge in [0.15, 0.2) is 11.6 Å². The summed E-state index contributed by atoms with van der Waals surface area (Å²) in [6.45, 7) is 0. The average molecular weight is 224 g/mol. The molecule has 0 fully saturated rings. The molecule has 1 N–H and O–H groups in total. The quantitative estimate of drug-likeness (QED) is 0.836. The zero-order valence-corrected chi connectivity index (χ0v) is 8.94. The van der Waals surface area contributed by atoms with E-state index in [0.717, 1.165) is 0 Å². The zero-order chi connectivity index (χ0) is 12.0. The van der Waals surface area contributed by atoms with Gasteiger partial charge in [-0.25, -0.2) is 4.39 Å². The predicted molar refractivity (Wildman–Crippen MR) is 58.9 cm³/mol. The van der Waals surface area contributed by atoms with Crippen molar-refractivity contribution in [1.29, 1.82) is 0 Å². The number of methoxy groups -OCH3 is 1. The molecule has 0 unspecified atom stereocenters. The minimum Gasteiger partial charge on any atom is -0.494 e. The molecule has 1 aromatic rings. The molecule has 0 saturated heterocycles. The van der Waals surface area contributed by atoms with Gasteiger partial charge in [0.05, 0.1) is 7.11 Å². The maximum Gasteiger partial charge on any atom is 0.303 e. The van der Waals surface area contributed by atoms with Crippen molar-refractivity contribution in [3.8, 4) is 5.75 Å². The Morgan fingerprint density at radius 1 is 1.56 bits per heavy atom. The molecular formula is C12H13FO3. The van der Waals surface area contributed by atoms with Crippen molar-refractivity contribution in [2.45, 2.75) is 12.8 Å². The van der Waals surface area contributed by atoms with Crippen LogP contribution in [0.4, 0.5) is 4.39 Å². The van der Waals surface area contributed by atoms with Crippen LogP contribution < -0.4 is 4.74 Å². The standard InChI is InChI=1S/C12H13FO3/c1-16-10-7-4-6-9(12(10)13)5-2-3-8-11(14)15/h2,4-7H,3,8H2,1H3,(H,14,15). The van der Waals surface area contributed by atoms with Gasteiger partial charge in [-0.05, 0) is 12.5 Å². The van der Waals surface area contributed by atoms with Crippen molar-refractivity contribution in [2.75, 3.05) is 7.11 Å². The first-order valence-electron chi connectivity index (χ1n) is 4.86. The molecule has 0 radical (unpaired) electrons. The number of hydrogen-bond donors (Lipinski definition) is 1. The molecule has 4 heteroatoms. The molecule has 0 aliphatic rings. The first-order valence-corrected chi connectivity index (χ1v) is 4.86. The number of hydrogen-bond acceptors (Lipinski definition) is 2. The smallest absolute Gasteiger partial charge is 0.303 e. The van der Waals surface area contributed by atoms with E-state index in [0.29, 0.717) is 12.0 Å². The van der Waals surface area contributed by atoms with E-state index >= 15 is 0 Å². The van der Waals surface area contributed by atoms with Crippen molar-refractivity contribution in [2.24, 2.45) is 0 Å². The first-order chi connectivity index (χ1) is 7.65. The van der Waals surface area contributed by atoms with Crippen LogP contribution in [0.15, 0.2) is 24.3 Å². The summed E-state index contributed by atoms with van der Waals surface area (Å²) >= 11 is 0. The van der Waals surface area contributed by atoms with E-state index in [1.807, 2.05) is 0 Å². The van der Waals surface area contributed by atoms with E-state index in [9.17, 15) is 9.18 Å². The van der Waals surface area contributed by atoms with Crippen molar-refractivity contribution < 1.29 is 19.0 Å². The molecule has 0 bridgehead atoms. The Labute approximate surface area is 93.2 Å². The first kappa shape index (κ1) is 12.2. The second-order valence-electron chi connectivity index (χ2n) is 3.20. The van der Waals surface area contributed by atoms with Gasteiger partial charge in [0.25, 0.3) is 0 Å². The molecule has 0 spiro atoms. The second kappa shape index (κ2) is 5.90. The van der Waals surface area contributed by atoms with Crippen LogP contribution in [0.2, 0.25) is 0 Å². The van der Waals surface area contributed by atoms with Crippen LogP contribution in [0, 0.1) is 5.82 Å². The lowest BCUT2D eigenvalue weighted by atomic mass is 10.1. The SMILES string of the molecule is COc1cccc(C=CCCC(=O)O)c1F. The molecule has 0 amide bonds. The highest BCUT2D eigenvalue weighted by Gasteiger charge is 2.04. The van der Waals surface area contributed by atoms with Gasteiger partial charge in [0.2, 0.25) is 0 Å². The minimum atomic E-state index is -0.865. The molecule has 0 aromatic heterocycles. The highest BCUT2D eigenvalue weighted by Crippen LogP contribution is 2.20. The molecular weight excluding hydrogens is 211 g/mol. The van der Waals surface area contributed by atoms with Crippen LogP contribution in [0.5, 0.6) is 5.75 Å². The number of carboxylic acid groups (broad SMARTS) is 1. The van der Waals surface area contributed by atoms with E-state index < -0.39 is 11.8 Å². The number of halogens is 1. The van der Waals surface area contributed by atoms with Gasteiger partial charge in [0, 0.05) is 12.0 Å². The van der Waals surface area contributed by atoms with Crippen molar-refractivity contribution in [1.82, 2.24) is 0 Å². The number of carboxylic acids is 1. The Bertz CT molecular complexity index is 399. The summed E-state index contributed by atoms with van der Waals surface area (Å²) in [5, 5.41) is 8.42. The number of benzene rings is 1. The van der Waals surface area contributed by atoms with Gasteiger partial charge < -0.3 is 9.84 Å². The molecule has 3 nitrogen and oxygen atoms in total. The lowest BCUT2D eigenvalue weighted by Gasteiger charge is -2.03. The number of carbonyl (C=O) groups is 1. The number of ether oxygens (including phenoxy) is 1. The van der Waals surface area contributed by atoms with Gasteiger partial charge in [-0.2, -0.15) is 0 Å². The maximum atomic E-state index is 13.6. The molecule has 0 atom stereocenters. The fourth-order valence-electron chi connectivity index (χ4n) is 1.23. The molecule has 0 aliphatic heterocycles. The Hall–Kier alpha value is -1.84.